The molecule has 0 amide bonds. The number of aromatic nitrogens is 4. The molecule has 0 saturated carbocycles. The minimum absolute atomic E-state index is 0.0356. The first-order chi connectivity index (χ1) is 15.9. The number of fused-ring (bicyclic) bond motifs is 1. The Morgan fingerprint density at radius 1 is 1.18 bits per heavy atom. The van der Waals surface area contributed by atoms with Crippen LogP contribution in [0.25, 0.3) is 10.9 Å². The first-order valence-electron chi connectivity index (χ1n) is 10.2. The van der Waals surface area contributed by atoms with E-state index >= 15 is 0 Å². The van der Waals surface area contributed by atoms with Gasteiger partial charge in [0.15, 0.2) is 11.6 Å². The zero-order chi connectivity index (χ0) is 23.5. The molecular formula is C23H23FN6O3. The van der Waals surface area contributed by atoms with Crippen LogP contribution in [0.15, 0.2) is 48.7 Å². The molecule has 0 atom stereocenters. The lowest BCUT2D eigenvalue weighted by atomic mass is 10.1. The van der Waals surface area contributed by atoms with Crippen LogP contribution >= 0.6 is 0 Å². The van der Waals surface area contributed by atoms with Gasteiger partial charge in [-0.15, -0.1) is 0 Å². The smallest absolute Gasteiger partial charge is 0.311 e. The van der Waals surface area contributed by atoms with Crippen molar-refractivity contribution in [3.05, 3.63) is 60.2 Å². The van der Waals surface area contributed by atoms with Crippen molar-refractivity contribution in [2.24, 2.45) is 0 Å². The lowest BCUT2D eigenvalue weighted by Gasteiger charge is -2.23. The number of hydrogen-bond donors (Lipinski definition) is 2. The van der Waals surface area contributed by atoms with Crippen molar-refractivity contribution in [1.82, 2.24) is 20.2 Å². The van der Waals surface area contributed by atoms with Gasteiger partial charge in [-0.25, -0.2) is 9.37 Å². The van der Waals surface area contributed by atoms with Crippen LogP contribution in [-0.4, -0.2) is 39.3 Å². The van der Waals surface area contributed by atoms with Gasteiger partial charge in [0.25, 0.3) is 0 Å². The Kier molecular flexibility index (Phi) is 6.07. The fourth-order valence-electron chi connectivity index (χ4n) is 3.35. The number of anilines is 4. The number of H-pyrrole nitrogens is 1. The summed E-state index contributed by atoms with van der Waals surface area (Å²) >= 11 is 0. The molecule has 4 aromatic rings. The first kappa shape index (κ1) is 22.0. The molecule has 2 aromatic carbocycles. The quantitative estimate of drug-likeness (QED) is 0.405. The van der Waals surface area contributed by atoms with Gasteiger partial charge in [-0.3, -0.25) is 14.8 Å². The molecule has 2 aromatic heterocycles. The predicted octanol–water partition coefficient (Wildman–Crippen LogP) is 4.05. The van der Waals surface area contributed by atoms with Crippen molar-refractivity contribution in [3.63, 3.8) is 0 Å². The number of nitrogen functional groups attached to an aromatic ring is 1. The second-order valence-corrected chi connectivity index (χ2v) is 7.56. The van der Waals surface area contributed by atoms with Crippen LogP contribution in [0.5, 0.6) is 5.75 Å². The number of nitrogens with zero attached hydrogens (tertiary/aromatic N) is 4. The molecule has 0 aliphatic carbocycles. The lowest BCUT2D eigenvalue weighted by molar-refractivity contribution is -0.139. The first-order valence-corrected chi connectivity index (χ1v) is 10.2. The standard InChI is InChI=1S/C23H23FN6O3/c1-13(2)33-16-7-4-14(5-8-16)30(23-26-12-18(24)22(25)27-23)15-6-9-17-19(10-15)28-29-20(17)11-21(31)32-3/h4-10,12-13H,11H2,1-3H3,(H,28,29)(H2,25,26,27). The number of methoxy groups -OCH3 is 1. The normalized spacial score (nSPS) is 11.1. The maximum atomic E-state index is 13.7. The summed E-state index contributed by atoms with van der Waals surface area (Å²) in [5.74, 6) is -0.426. The van der Waals surface area contributed by atoms with Crippen LogP contribution in [0.1, 0.15) is 19.5 Å². The molecule has 10 heteroatoms. The average Bonchev–Trinajstić information content (AvgIpc) is 3.19. The van der Waals surface area contributed by atoms with E-state index in [2.05, 4.69) is 20.2 Å². The average molecular weight is 450 g/mol. The summed E-state index contributed by atoms with van der Waals surface area (Å²) in [7, 11) is 1.34. The minimum atomic E-state index is -0.699. The Hall–Kier alpha value is -4.21. The molecular weight excluding hydrogens is 427 g/mol. The lowest BCUT2D eigenvalue weighted by Crippen LogP contribution is -2.15. The van der Waals surface area contributed by atoms with Gasteiger partial charge in [0.05, 0.1) is 42.7 Å². The van der Waals surface area contributed by atoms with Crippen molar-refractivity contribution in [3.8, 4) is 5.75 Å². The molecule has 0 radical (unpaired) electrons. The number of halogens is 1. The number of carbonyl (C=O) groups is 1. The van der Waals surface area contributed by atoms with Gasteiger partial charge in [-0.05, 0) is 56.3 Å². The molecule has 0 saturated heterocycles. The van der Waals surface area contributed by atoms with Gasteiger partial charge in [-0.1, -0.05) is 0 Å². The SMILES string of the molecule is COC(=O)Cc1[nH]nc2cc(N(c3ccc(OC(C)C)cc3)c3ncc(F)c(N)n3)ccc12. The molecule has 4 rings (SSSR count). The molecule has 0 unspecified atom stereocenters. The predicted molar refractivity (Wildman–Crippen MR) is 122 cm³/mol. The van der Waals surface area contributed by atoms with Gasteiger partial charge in [0.2, 0.25) is 5.95 Å². The van der Waals surface area contributed by atoms with E-state index in [1.54, 1.807) is 4.90 Å². The topological polar surface area (TPSA) is 119 Å². The maximum Gasteiger partial charge on any atom is 0.311 e. The van der Waals surface area contributed by atoms with Crippen LogP contribution < -0.4 is 15.4 Å². The van der Waals surface area contributed by atoms with Crippen molar-refractivity contribution < 1.29 is 18.7 Å². The van der Waals surface area contributed by atoms with E-state index in [1.807, 2.05) is 56.3 Å². The van der Waals surface area contributed by atoms with Gasteiger partial charge in [0, 0.05) is 11.1 Å². The second-order valence-electron chi connectivity index (χ2n) is 7.56. The Balaban J connectivity index is 1.78. The van der Waals surface area contributed by atoms with Crippen LogP contribution in [0.3, 0.4) is 0 Å². The highest BCUT2D eigenvalue weighted by Crippen LogP contribution is 2.35. The molecule has 0 fully saturated rings. The molecule has 9 nitrogen and oxygen atoms in total. The van der Waals surface area contributed by atoms with Gasteiger partial charge in [0.1, 0.15) is 5.75 Å². The summed E-state index contributed by atoms with van der Waals surface area (Å²) in [6.45, 7) is 3.89. The van der Waals surface area contributed by atoms with Crippen molar-refractivity contribution in [1.29, 1.82) is 0 Å². The van der Waals surface area contributed by atoms with Crippen molar-refractivity contribution >= 4 is 40.0 Å². The highest BCUT2D eigenvalue weighted by molar-refractivity contribution is 5.89. The monoisotopic (exact) mass is 450 g/mol. The summed E-state index contributed by atoms with van der Waals surface area (Å²) in [4.78, 5) is 21.7. The highest BCUT2D eigenvalue weighted by atomic mass is 19.1. The molecule has 0 aliphatic rings. The number of benzene rings is 2. The van der Waals surface area contributed by atoms with Crippen molar-refractivity contribution in [2.45, 2.75) is 26.4 Å². The number of carbonyl (C=O) groups excluding carboxylic acids is 1. The Labute approximate surface area is 189 Å². The van der Waals surface area contributed by atoms with Crippen LogP contribution in [0.4, 0.5) is 27.5 Å². The largest absolute Gasteiger partial charge is 0.491 e. The number of hydrogen-bond acceptors (Lipinski definition) is 8. The third kappa shape index (κ3) is 4.69. The molecule has 2 heterocycles. The van der Waals surface area contributed by atoms with E-state index in [4.69, 9.17) is 15.2 Å². The summed E-state index contributed by atoms with van der Waals surface area (Å²) in [6, 6.07) is 12.8. The van der Waals surface area contributed by atoms with E-state index in [1.165, 1.54) is 7.11 Å². The fraction of sp³-hybridized carbons (Fsp3) is 0.217. The van der Waals surface area contributed by atoms with Crippen LogP contribution in [0.2, 0.25) is 0 Å². The molecule has 0 spiro atoms. The van der Waals surface area contributed by atoms with Crippen LogP contribution in [0, 0.1) is 5.82 Å². The third-order valence-electron chi connectivity index (χ3n) is 4.85. The van der Waals surface area contributed by atoms with Crippen LogP contribution in [-0.2, 0) is 16.0 Å². The molecule has 0 aliphatic heterocycles. The van der Waals surface area contributed by atoms with Gasteiger partial charge < -0.3 is 15.2 Å². The minimum Gasteiger partial charge on any atom is -0.491 e. The molecule has 0 bridgehead atoms. The van der Waals surface area contributed by atoms with Gasteiger partial charge >= 0.3 is 5.97 Å². The number of rotatable bonds is 7. The summed E-state index contributed by atoms with van der Waals surface area (Å²) in [5, 5.41) is 7.97. The summed E-state index contributed by atoms with van der Waals surface area (Å²) < 4.78 is 24.2. The maximum absolute atomic E-state index is 13.7. The number of ether oxygens (including phenoxy) is 2. The number of aromatic amines is 1. The third-order valence-corrected chi connectivity index (χ3v) is 4.85. The van der Waals surface area contributed by atoms with E-state index in [0.29, 0.717) is 28.3 Å². The second kappa shape index (κ2) is 9.11. The number of nitrogens with two attached hydrogens (primary N) is 1. The Morgan fingerprint density at radius 2 is 1.91 bits per heavy atom. The Bertz CT molecular complexity index is 1290. The summed E-state index contributed by atoms with van der Waals surface area (Å²) in [6.07, 6.45) is 1.14. The van der Waals surface area contributed by atoms with E-state index < -0.39 is 5.82 Å². The van der Waals surface area contributed by atoms with E-state index in [9.17, 15) is 9.18 Å². The fourth-order valence-corrected chi connectivity index (χ4v) is 3.35. The zero-order valence-electron chi connectivity index (χ0n) is 18.4. The molecule has 3 N–H and O–H groups in total. The summed E-state index contributed by atoms with van der Waals surface area (Å²) in [5.41, 5.74) is 8.37. The highest BCUT2D eigenvalue weighted by Gasteiger charge is 2.19. The van der Waals surface area contributed by atoms with Gasteiger partial charge in [-0.2, -0.15) is 10.1 Å². The molecule has 170 valence electrons. The van der Waals surface area contributed by atoms with Crippen molar-refractivity contribution in [2.75, 3.05) is 17.7 Å². The van der Waals surface area contributed by atoms with E-state index in [-0.39, 0.29) is 30.3 Å². The molecule has 33 heavy (non-hydrogen) atoms. The Morgan fingerprint density at radius 3 is 2.58 bits per heavy atom. The van der Waals surface area contributed by atoms with E-state index in [0.717, 1.165) is 11.6 Å². The number of nitrogens with one attached hydrogen (secondary N) is 1. The zero-order valence-corrected chi connectivity index (χ0v) is 18.4. The number of esters is 1.